The lowest BCUT2D eigenvalue weighted by Crippen LogP contribution is -2.46. The summed E-state index contributed by atoms with van der Waals surface area (Å²) in [6.07, 6.45) is 0.663. The van der Waals surface area contributed by atoms with Gasteiger partial charge in [-0.25, -0.2) is 0 Å². The summed E-state index contributed by atoms with van der Waals surface area (Å²) in [6, 6.07) is 19.6. The maximum absolute atomic E-state index is 13.3. The van der Waals surface area contributed by atoms with Crippen LogP contribution in [0.2, 0.25) is 0 Å². The molecule has 144 valence electrons. The largest absolute Gasteiger partial charge is 0.364 e. The molecular formula is C23H25N3O2. The Morgan fingerprint density at radius 1 is 0.786 bits per heavy atom. The Balaban J connectivity index is 1.63. The molecule has 5 heteroatoms. The molecule has 2 amide bonds. The van der Waals surface area contributed by atoms with Gasteiger partial charge in [-0.3, -0.25) is 14.5 Å². The van der Waals surface area contributed by atoms with E-state index in [1.807, 2.05) is 60.7 Å². The van der Waals surface area contributed by atoms with E-state index in [0.717, 1.165) is 37.3 Å². The number of carbonyl (C=O) groups is 2. The minimum atomic E-state index is -0.180. The van der Waals surface area contributed by atoms with E-state index in [9.17, 15) is 9.59 Å². The van der Waals surface area contributed by atoms with Gasteiger partial charge in [-0.2, -0.15) is 0 Å². The highest BCUT2D eigenvalue weighted by Crippen LogP contribution is 2.32. The third-order valence-corrected chi connectivity index (χ3v) is 5.49. The summed E-state index contributed by atoms with van der Waals surface area (Å²) in [5.41, 5.74) is 3.05. The Hall–Kier alpha value is -2.92. The summed E-state index contributed by atoms with van der Waals surface area (Å²) in [4.78, 5) is 32.3. The predicted octanol–water partition coefficient (Wildman–Crippen LogP) is 2.26. The van der Waals surface area contributed by atoms with E-state index >= 15 is 0 Å². The number of rotatable bonds is 5. The topological polar surface area (TPSA) is 43.9 Å². The SMILES string of the molecule is CN1CCN(C2=C(c3ccccc3)C(=O)N(CCc3ccccc3)C2=O)CC1. The standard InChI is InChI=1S/C23H25N3O2/c1-24-14-16-25(17-15-24)21-20(19-10-6-3-7-11-19)22(27)26(23(21)28)13-12-18-8-4-2-5-9-18/h2-11H,12-17H2,1H3. The zero-order valence-electron chi connectivity index (χ0n) is 16.2. The predicted molar refractivity (Wildman–Crippen MR) is 109 cm³/mol. The first kappa shape index (κ1) is 18.4. The molecule has 0 radical (unpaired) electrons. The van der Waals surface area contributed by atoms with Gasteiger partial charge < -0.3 is 9.80 Å². The van der Waals surface area contributed by atoms with Crippen molar-refractivity contribution in [3.8, 4) is 0 Å². The lowest BCUT2D eigenvalue weighted by Gasteiger charge is -2.34. The number of piperazine rings is 1. The molecule has 0 bridgehead atoms. The van der Waals surface area contributed by atoms with E-state index < -0.39 is 0 Å². The van der Waals surface area contributed by atoms with Gasteiger partial charge in [-0.1, -0.05) is 60.7 Å². The Bertz CT molecular complexity index is 885. The number of amides is 2. The van der Waals surface area contributed by atoms with Gasteiger partial charge in [-0.05, 0) is 24.6 Å². The van der Waals surface area contributed by atoms with Crippen LogP contribution in [0.4, 0.5) is 0 Å². The third-order valence-electron chi connectivity index (χ3n) is 5.49. The molecule has 2 aliphatic rings. The number of hydrogen-bond acceptors (Lipinski definition) is 4. The zero-order chi connectivity index (χ0) is 19.5. The van der Waals surface area contributed by atoms with E-state index in [4.69, 9.17) is 0 Å². The molecule has 1 saturated heterocycles. The highest BCUT2D eigenvalue weighted by molar-refractivity contribution is 6.35. The van der Waals surface area contributed by atoms with Crippen molar-refractivity contribution in [3.63, 3.8) is 0 Å². The van der Waals surface area contributed by atoms with E-state index in [1.165, 1.54) is 4.90 Å². The van der Waals surface area contributed by atoms with Crippen LogP contribution in [0, 0.1) is 0 Å². The molecule has 2 heterocycles. The summed E-state index contributed by atoms with van der Waals surface area (Å²) < 4.78 is 0. The van der Waals surface area contributed by atoms with Crippen molar-refractivity contribution in [1.29, 1.82) is 0 Å². The van der Waals surface area contributed by atoms with Crippen molar-refractivity contribution in [3.05, 3.63) is 77.5 Å². The number of carbonyl (C=O) groups excluding carboxylic acids is 2. The molecular weight excluding hydrogens is 350 g/mol. The molecule has 5 nitrogen and oxygen atoms in total. The van der Waals surface area contributed by atoms with Crippen LogP contribution in [0.15, 0.2) is 66.4 Å². The monoisotopic (exact) mass is 375 g/mol. The molecule has 4 rings (SSSR count). The summed E-state index contributed by atoms with van der Waals surface area (Å²) in [6.45, 7) is 3.69. The average Bonchev–Trinajstić information content (AvgIpc) is 2.98. The first-order valence-corrected chi connectivity index (χ1v) is 9.78. The van der Waals surface area contributed by atoms with Crippen molar-refractivity contribution < 1.29 is 9.59 Å². The highest BCUT2D eigenvalue weighted by Gasteiger charge is 2.41. The number of benzene rings is 2. The lowest BCUT2D eigenvalue weighted by atomic mass is 10.0. The minimum absolute atomic E-state index is 0.163. The quantitative estimate of drug-likeness (QED) is 0.752. The zero-order valence-corrected chi connectivity index (χ0v) is 16.2. The van der Waals surface area contributed by atoms with E-state index in [1.54, 1.807) is 0 Å². The summed E-state index contributed by atoms with van der Waals surface area (Å²) in [5, 5.41) is 0. The van der Waals surface area contributed by atoms with Crippen LogP contribution in [0.5, 0.6) is 0 Å². The molecule has 0 unspecified atom stereocenters. The first-order valence-electron chi connectivity index (χ1n) is 9.78. The van der Waals surface area contributed by atoms with Crippen molar-refractivity contribution in [2.45, 2.75) is 6.42 Å². The summed E-state index contributed by atoms with van der Waals surface area (Å²) in [7, 11) is 2.08. The highest BCUT2D eigenvalue weighted by atomic mass is 16.2. The smallest absolute Gasteiger partial charge is 0.277 e. The van der Waals surface area contributed by atoms with Crippen LogP contribution in [0.3, 0.4) is 0 Å². The molecule has 1 fully saturated rings. The maximum atomic E-state index is 13.3. The van der Waals surface area contributed by atoms with Crippen LogP contribution >= 0.6 is 0 Å². The fourth-order valence-electron chi connectivity index (χ4n) is 3.84. The van der Waals surface area contributed by atoms with Gasteiger partial charge >= 0.3 is 0 Å². The van der Waals surface area contributed by atoms with E-state index in [0.29, 0.717) is 24.2 Å². The Morgan fingerprint density at radius 3 is 2.04 bits per heavy atom. The van der Waals surface area contributed by atoms with Gasteiger partial charge in [-0.15, -0.1) is 0 Å². The molecule has 2 aliphatic heterocycles. The molecule has 28 heavy (non-hydrogen) atoms. The van der Waals surface area contributed by atoms with Crippen molar-refractivity contribution >= 4 is 17.4 Å². The van der Waals surface area contributed by atoms with Crippen LogP contribution in [-0.2, 0) is 16.0 Å². The lowest BCUT2D eigenvalue weighted by molar-refractivity contribution is -0.137. The van der Waals surface area contributed by atoms with Gasteiger partial charge in [0, 0.05) is 32.7 Å². The Labute approximate surface area is 165 Å². The second-order valence-electron chi connectivity index (χ2n) is 7.38. The first-order chi connectivity index (χ1) is 13.6. The molecule has 0 spiro atoms. The van der Waals surface area contributed by atoms with Gasteiger partial charge in [0.05, 0.1) is 5.57 Å². The van der Waals surface area contributed by atoms with E-state index in [-0.39, 0.29) is 11.8 Å². The molecule has 0 atom stereocenters. The summed E-state index contributed by atoms with van der Waals surface area (Å²) in [5.74, 6) is -0.342. The summed E-state index contributed by atoms with van der Waals surface area (Å²) >= 11 is 0. The fraction of sp³-hybridized carbons (Fsp3) is 0.304. The van der Waals surface area contributed by atoms with E-state index in [2.05, 4.69) is 16.8 Å². The molecule has 2 aromatic rings. The van der Waals surface area contributed by atoms with Crippen LogP contribution < -0.4 is 0 Å². The van der Waals surface area contributed by atoms with Gasteiger partial charge in [0.15, 0.2) is 0 Å². The second kappa shape index (κ2) is 7.98. The third kappa shape index (κ3) is 3.58. The van der Waals surface area contributed by atoms with Gasteiger partial charge in [0.25, 0.3) is 11.8 Å². The average molecular weight is 375 g/mol. The Morgan fingerprint density at radius 2 is 1.39 bits per heavy atom. The molecule has 0 aliphatic carbocycles. The maximum Gasteiger partial charge on any atom is 0.277 e. The molecule has 2 aromatic carbocycles. The number of imide groups is 1. The molecule has 0 N–H and O–H groups in total. The van der Waals surface area contributed by atoms with Crippen LogP contribution in [-0.4, -0.2) is 66.3 Å². The van der Waals surface area contributed by atoms with Crippen LogP contribution in [0.25, 0.3) is 5.57 Å². The fourth-order valence-corrected chi connectivity index (χ4v) is 3.84. The van der Waals surface area contributed by atoms with Gasteiger partial charge in [0.1, 0.15) is 5.70 Å². The van der Waals surface area contributed by atoms with Crippen molar-refractivity contribution in [2.75, 3.05) is 39.8 Å². The van der Waals surface area contributed by atoms with Crippen molar-refractivity contribution in [2.24, 2.45) is 0 Å². The second-order valence-corrected chi connectivity index (χ2v) is 7.38. The number of nitrogens with zero attached hydrogens (tertiary/aromatic N) is 3. The number of likely N-dealkylation sites (N-methyl/N-ethyl adjacent to an activating group) is 1. The molecule has 0 aromatic heterocycles. The van der Waals surface area contributed by atoms with Crippen LogP contribution in [0.1, 0.15) is 11.1 Å². The van der Waals surface area contributed by atoms with Gasteiger partial charge in [0.2, 0.25) is 0 Å². The molecule has 0 saturated carbocycles. The van der Waals surface area contributed by atoms with Crippen molar-refractivity contribution in [1.82, 2.24) is 14.7 Å². The number of hydrogen-bond donors (Lipinski definition) is 0. The minimum Gasteiger partial charge on any atom is -0.364 e. The normalized spacial score (nSPS) is 18.3. The Kier molecular flexibility index (Phi) is 5.26.